The largest absolute Gasteiger partial charge is 0.481 e. The number of aliphatic carboxylic acids is 2. The maximum atomic E-state index is 11.7. The molecule has 102 valence electrons. The van der Waals surface area contributed by atoms with Gasteiger partial charge in [0.1, 0.15) is 6.04 Å². The summed E-state index contributed by atoms with van der Waals surface area (Å²) in [7, 11) is 0. The smallest absolute Gasteiger partial charge is 0.323 e. The third-order valence-electron chi connectivity index (χ3n) is 2.24. The summed E-state index contributed by atoms with van der Waals surface area (Å²) in [5, 5.41) is 17.3. The van der Waals surface area contributed by atoms with Crippen molar-refractivity contribution < 1.29 is 24.6 Å². The van der Waals surface area contributed by atoms with Gasteiger partial charge < -0.3 is 15.9 Å². The summed E-state index contributed by atoms with van der Waals surface area (Å²) in [5.41, 5.74) is 10.2. The monoisotopic (exact) mass is 267 g/mol. The summed E-state index contributed by atoms with van der Waals surface area (Å²) < 4.78 is 0. The molecule has 8 nitrogen and oxygen atoms in total. The van der Waals surface area contributed by atoms with Crippen LogP contribution < -0.4 is 16.6 Å². The Morgan fingerprint density at radius 1 is 1.21 bits per heavy atom. The van der Waals surface area contributed by atoms with E-state index in [1.165, 1.54) is 12.1 Å². The number of nitrogens with two attached hydrogens (primary N) is 1. The van der Waals surface area contributed by atoms with Gasteiger partial charge in [0.25, 0.3) is 5.91 Å². The Morgan fingerprint density at radius 3 is 2.37 bits per heavy atom. The molecule has 1 aromatic carbocycles. The standard InChI is InChI=1S/C11H13N3O5/c12-7-4-2-1-3-6(7)10(17)14-13-8(11(18)19)5-9(15)16/h1-4,8,13H,5,12H2,(H,14,17)(H,15,16)(H,18,19)/t8-/m0/s1. The molecule has 0 heterocycles. The molecule has 0 unspecified atom stereocenters. The zero-order chi connectivity index (χ0) is 14.4. The number of para-hydroxylation sites is 1. The Hall–Kier alpha value is -2.61. The summed E-state index contributed by atoms with van der Waals surface area (Å²) in [6, 6.07) is 4.79. The van der Waals surface area contributed by atoms with Crippen LogP contribution in [0.25, 0.3) is 0 Å². The minimum atomic E-state index is -1.42. The molecular weight excluding hydrogens is 254 g/mol. The van der Waals surface area contributed by atoms with Crippen LogP contribution in [0.5, 0.6) is 0 Å². The molecule has 0 saturated heterocycles. The first kappa shape index (κ1) is 14.5. The number of carboxylic acid groups (broad SMARTS) is 2. The zero-order valence-corrected chi connectivity index (χ0v) is 9.79. The Labute approximate surface area is 108 Å². The van der Waals surface area contributed by atoms with Gasteiger partial charge in [0.2, 0.25) is 0 Å². The van der Waals surface area contributed by atoms with Gasteiger partial charge in [-0.05, 0) is 12.1 Å². The van der Waals surface area contributed by atoms with E-state index in [4.69, 9.17) is 15.9 Å². The van der Waals surface area contributed by atoms with Crippen molar-refractivity contribution in [3.05, 3.63) is 29.8 Å². The SMILES string of the molecule is Nc1ccccc1C(=O)NN[C@@H](CC(=O)O)C(=O)O. The Balaban J connectivity index is 2.65. The van der Waals surface area contributed by atoms with Gasteiger partial charge in [-0.25, -0.2) is 5.43 Å². The van der Waals surface area contributed by atoms with Crippen molar-refractivity contribution in [3.63, 3.8) is 0 Å². The number of carbonyl (C=O) groups excluding carboxylic acids is 1. The van der Waals surface area contributed by atoms with Crippen molar-refractivity contribution >= 4 is 23.5 Å². The molecule has 0 radical (unpaired) electrons. The van der Waals surface area contributed by atoms with Crippen LogP contribution in [0.4, 0.5) is 5.69 Å². The number of hydrogen-bond acceptors (Lipinski definition) is 5. The number of benzene rings is 1. The molecule has 0 aliphatic carbocycles. The molecule has 0 saturated carbocycles. The van der Waals surface area contributed by atoms with Crippen molar-refractivity contribution in [1.29, 1.82) is 0 Å². The molecule has 8 heteroatoms. The third kappa shape index (κ3) is 4.28. The van der Waals surface area contributed by atoms with Crippen LogP contribution in [0.3, 0.4) is 0 Å². The van der Waals surface area contributed by atoms with Crippen LogP contribution in [0.2, 0.25) is 0 Å². The van der Waals surface area contributed by atoms with Gasteiger partial charge in [0.05, 0.1) is 12.0 Å². The van der Waals surface area contributed by atoms with E-state index in [0.717, 1.165) is 0 Å². The van der Waals surface area contributed by atoms with Gasteiger partial charge in [0.15, 0.2) is 0 Å². The Kier molecular flexibility index (Phi) is 4.84. The summed E-state index contributed by atoms with van der Waals surface area (Å²) in [6.07, 6.45) is -0.667. The second kappa shape index (κ2) is 6.36. The van der Waals surface area contributed by atoms with E-state index in [-0.39, 0.29) is 11.3 Å². The number of rotatable bonds is 6. The van der Waals surface area contributed by atoms with Crippen LogP contribution in [-0.4, -0.2) is 34.1 Å². The van der Waals surface area contributed by atoms with Crippen LogP contribution in [0, 0.1) is 0 Å². The molecular formula is C11H13N3O5. The molecule has 0 bridgehead atoms. The normalized spacial score (nSPS) is 11.6. The lowest BCUT2D eigenvalue weighted by Gasteiger charge is -2.13. The lowest BCUT2D eigenvalue weighted by atomic mass is 10.2. The van der Waals surface area contributed by atoms with Crippen LogP contribution in [0.15, 0.2) is 24.3 Å². The number of carboxylic acids is 2. The van der Waals surface area contributed by atoms with E-state index in [0.29, 0.717) is 0 Å². The lowest BCUT2D eigenvalue weighted by Crippen LogP contribution is -2.49. The van der Waals surface area contributed by atoms with Crippen molar-refractivity contribution in [2.45, 2.75) is 12.5 Å². The van der Waals surface area contributed by atoms with Crippen LogP contribution >= 0.6 is 0 Å². The van der Waals surface area contributed by atoms with Crippen LogP contribution in [0.1, 0.15) is 16.8 Å². The summed E-state index contributed by atoms with van der Waals surface area (Å²) in [5.74, 6) is -3.33. The number of amides is 1. The number of nitrogens with one attached hydrogen (secondary N) is 2. The van der Waals surface area contributed by atoms with Gasteiger partial charge in [-0.2, -0.15) is 0 Å². The Bertz CT molecular complexity index is 503. The molecule has 0 aliphatic heterocycles. The molecule has 0 aromatic heterocycles. The van der Waals surface area contributed by atoms with E-state index in [9.17, 15) is 14.4 Å². The molecule has 0 spiro atoms. The summed E-state index contributed by atoms with van der Waals surface area (Å²) >= 11 is 0. The van der Waals surface area contributed by atoms with Crippen LogP contribution in [-0.2, 0) is 9.59 Å². The average molecular weight is 267 g/mol. The highest BCUT2D eigenvalue weighted by Crippen LogP contribution is 2.09. The first-order chi connectivity index (χ1) is 8.91. The first-order valence-electron chi connectivity index (χ1n) is 5.26. The topological polar surface area (TPSA) is 142 Å². The predicted molar refractivity (Wildman–Crippen MR) is 65.1 cm³/mol. The maximum Gasteiger partial charge on any atom is 0.323 e. The maximum absolute atomic E-state index is 11.7. The van der Waals surface area contributed by atoms with E-state index < -0.39 is 30.3 Å². The number of hydrazine groups is 1. The average Bonchev–Trinajstić information content (AvgIpc) is 2.34. The number of anilines is 1. The summed E-state index contributed by atoms with van der Waals surface area (Å²) in [6.45, 7) is 0. The van der Waals surface area contributed by atoms with Gasteiger partial charge in [-0.1, -0.05) is 12.1 Å². The molecule has 0 aliphatic rings. The molecule has 1 atom stereocenters. The molecule has 0 fully saturated rings. The van der Waals surface area contributed by atoms with Crippen molar-refractivity contribution in [3.8, 4) is 0 Å². The fourth-order valence-corrected chi connectivity index (χ4v) is 1.30. The van der Waals surface area contributed by atoms with E-state index >= 15 is 0 Å². The highest BCUT2D eigenvalue weighted by molar-refractivity contribution is 5.99. The molecule has 1 aromatic rings. The van der Waals surface area contributed by atoms with E-state index in [2.05, 4.69) is 10.9 Å². The molecule has 1 rings (SSSR count). The highest BCUT2D eigenvalue weighted by atomic mass is 16.4. The van der Waals surface area contributed by atoms with Gasteiger partial charge in [-0.15, -0.1) is 0 Å². The predicted octanol–water partition coefficient (Wildman–Crippen LogP) is -0.569. The molecule has 6 N–H and O–H groups in total. The molecule has 19 heavy (non-hydrogen) atoms. The second-order valence-corrected chi connectivity index (χ2v) is 3.67. The third-order valence-corrected chi connectivity index (χ3v) is 2.24. The number of carbonyl (C=O) groups is 3. The fourth-order valence-electron chi connectivity index (χ4n) is 1.30. The van der Waals surface area contributed by atoms with Crippen molar-refractivity contribution in [2.24, 2.45) is 0 Å². The Morgan fingerprint density at radius 2 is 1.84 bits per heavy atom. The fraction of sp³-hybridized carbons (Fsp3) is 0.182. The van der Waals surface area contributed by atoms with Crippen molar-refractivity contribution in [2.75, 3.05) is 5.73 Å². The van der Waals surface area contributed by atoms with Gasteiger partial charge >= 0.3 is 11.9 Å². The van der Waals surface area contributed by atoms with Crippen molar-refractivity contribution in [1.82, 2.24) is 10.9 Å². The highest BCUT2D eigenvalue weighted by Gasteiger charge is 2.21. The molecule has 1 amide bonds. The number of nitrogen functional groups attached to an aromatic ring is 1. The minimum absolute atomic E-state index is 0.162. The minimum Gasteiger partial charge on any atom is -0.481 e. The van der Waals surface area contributed by atoms with Gasteiger partial charge in [-0.3, -0.25) is 19.8 Å². The zero-order valence-electron chi connectivity index (χ0n) is 9.79. The lowest BCUT2D eigenvalue weighted by molar-refractivity contribution is -0.146. The van der Waals surface area contributed by atoms with E-state index in [1.54, 1.807) is 12.1 Å². The summed E-state index contributed by atoms with van der Waals surface area (Å²) in [4.78, 5) is 32.9. The quantitative estimate of drug-likeness (QED) is 0.343. The second-order valence-electron chi connectivity index (χ2n) is 3.67. The first-order valence-corrected chi connectivity index (χ1v) is 5.26. The van der Waals surface area contributed by atoms with Gasteiger partial charge in [0, 0.05) is 5.69 Å². The van der Waals surface area contributed by atoms with E-state index in [1.807, 2.05) is 0 Å². The number of hydrogen-bond donors (Lipinski definition) is 5.